The van der Waals surface area contributed by atoms with Crippen molar-refractivity contribution in [1.82, 2.24) is 16.0 Å². The van der Waals surface area contributed by atoms with Crippen molar-refractivity contribution < 1.29 is 9.59 Å². The molecule has 104 valence electrons. The number of hydrogen-bond donors (Lipinski definition) is 3. The van der Waals surface area contributed by atoms with Crippen LogP contribution in [-0.2, 0) is 9.59 Å². The van der Waals surface area contributed by atoms with Crippen LogP contribution in [0.1, 0.15) is 27.2 Å². The van der Waals surface area contributed by atoms with Crippen LogP contribution in [-0.4, -0.2) is 29.9 Å². The first kappa shape index (κ1) is 13.6. The topological polar surface area (TPSA) is 70.2 Å². The molecule has 0 spiro atoms. The molecule has 0 aromatic heterocycles. The first-order valence-corrected chi connectivity index (χ1v) is 6.57. The Morgan fingerprint density at radius 3 is 2.63 bits per heavy atom. The highest BCUT2D eigenvalue weighted by Crippen LogP contribution is 2.33. The van der Waals surface area contributed by atoms with Gasteiger partial charge in [-0.3, -0.25) is 9.59 Å². The summed E-state index contributed by atoms with van der Waals surface area (Å²) < 4.78 is 0. The maximum Gasteiger partial charge on any atom is 0.250 e. The summed E-state index contributed by atoms with van der Waals surface area (Å²) in [5.74, 6) is -0.268. The monoisotopic (exact) mass is 263 g/mol. The van der Waals surface area contributed by atoms with E-state index in [1.165, 1.54) is 0 Å². The minimum atomic E-state index is -0.829. The first-order valence-electron chi connectivity index (χ1n) is 6.57. The largest absolute Gasteiger partial charge is 0.374 e. The van der Waals surface area contributed by atoms with E-state index in [1.54, 1.807) is 6.20 Å². The third-order valence-electron chi connectivity index (χ3n) is 3.76. The van der Waals surface area contributed by atoms with E-state index in [0.29, 0.717) is 13.0 Å². The fourth-order valence-corrected chi connectivity index (χ4v) is 2.44. The molecule has 2 aliphatic rings. The molecule has 2 amide bonds. The Bertz CT molecular complexity index is 448. The zero-order valence-corrected chi connectivity index (χ0v) is 11.6. The van der Waals surface area contributed by atoms with Gasteiger partial charge < -0.3 is 16.0 Å². The number of rotatable bonds is 2. The van der Waals surface area contributed by atoms with Gasteiger partial charge in [0.2, 0.25) is 5.91 Å². The lowest BCUT2D eigenvalue weighted by molar-refractivity contribution is -0.132. The highest BCUT2D eigenvalue weighted by atomic mass is 16.2. The molecular formula is C14H21N3O2. The van der Waals surface area contributed by atoms with Crippen molar-refractivity contribution in [2.24, 2.45) is 5.41 Å². The quantitative estimate of drug-likeness (QED) is 0.677. The molecule has 2 heterocycles. The van der Waals surface area contributed by atoms with Gasteiger partial charge in [0.15, 0.2) is 0 Å². The second-order valence-corrected chi connectivity index (χ2v) is 6.03. The number of carbonyl (C=O) groups excluding carboxylic acids is 2. The van der Waals surface area contributed by atoms with E-state index in [1.807, 2.05) is 39.0 Å². The zero-order valence-electron chi connectivity index (χ0n) is 11.6. The zero-order chi connectivity index (χ0) is 14.1. The van der Waals surface area contributed by atoms with Crippen molar-refractivity contribution in [3.05, 3.63) is 24.4 Å². The standard InChI is InChI=1S/C14H21N3O2/c1-13(2,3)14(7-4-5-8-16-14)12(19)17-10-6-9-15-11(10)18/h4-5,7-8,10,16H,6,9H2,1-3H3,(H,15,18)(H,17,19)/t10-,14?/m0/s1. The van der Waals surface area contributed by atoms with E-state index in [4.69, 9.17) is 0 Å². The van der Waals surface area contributed by atoms with Gasteiger partial charge in [-0.2, -0.15) is 0 Å². The average molecular weight is 263 g/mol. The van der Waals surface area contributed by atoms with Gasteiger partial charge in [0, 0.05) is 6.54 Å². The Labute approximate surface area is 113 Å². The molecule has 5 heteroatoms. The van der Waals surface area contributed by atoms with Crippen LogP contribution in [0, 0.1) is 5.41 Å². The van der Waals surface area contributed by atoms with Crippen LogP contribution in [0.3, 0.4) is 0 Å². The van der Waals surface area contributed by atoms with Gasteiger partial charge in [-0.05, 0) is 30.2 Å². The second kappa shape index (κ2) is 4.72. The molecule has 2 aliphatic heterocycles. The summed E-state index contributed by atoms with van der Waals surface area (Å²) in [4.78, 5) is 24.2. The number of hydrogen-bond acceptors (Lipinski definition) is 3. The van der Waals surface area contributed by atoms with E-state index in [0.717, 1.165) is 0 Å². The Morgan fingerprint density at radius 2 is 2.16 bits per heavy atom. The summed E-state index contributed by atoms with van der Waals surface area (Å²) in [5, 5.41) is 8.72. The maximum absolute atomic E-state index is 12.6. The molecule has 0 aromatic carbocycles. The summed E-state index contributed by atoms with van der Waals surface area (Å²) >= 11 is 0. The smallest absolute Gasteiger partial charge is 0.250 e. The summed E-state index contributed by atoms with van der Waals surface area (Å²) in [7, 11) is 0. The van der Waals surface area contributed by atoms with Crippen LogP contribution >= 0.6 is 0 Å². The minimum Gasteiger partial charge on any atom is -0.374 e. The fraction of sp³-hybridized carbons (Fsp3) is 0.571. The van der Waals surface area contributed by atoms with Gasteiger partial charge in [0.25, 0.3) is 5.91 Å². The lowest BCUT2D eigenvalue weighted by Gasteiger charge is -2.42. The summed E-state index contributed by atoms with van der Waals surface area (Å²) in [6, 6.07) is -0.423. The minimum absolute atomic E-state index is 0.104. The van der Waals surface area contributed by atoms with Gasteiger partial charge in [0.1, 0.15) is 11.6 Å². The summed E-state index contributed by atoms with van der Waals surface area (Å²) in [5.41, 5.74) is -1.14. The number of amides is 2. The third kappa shape index (κ3) is 2.37. The van der Waals surface area contributed by atoms with Crippen molar-refractivity contribution >= 4 is 11.8 Å². The SMILES string of the molecule is CC(C)(C)C1(C(=O)N[C@H]2CCNC2=O)C=CC=CN1. The normalized spacial score (nSPS) is 29.8. The molecule has 2 rings (SSSR count). The Hall–Kier alpha value is -1.78. The van der Waals surface area contributed by atoms with Crippen LogP contribution in [0.25, 0.3) is 0 Å². The van der Waals surface area contributed by atoms with Gasteiger partial charge in [-0.15, -0.1) is 0 Å². The first-order chi connectivity index (χ1) is 8.87. The van der Waals surface area contributed by atoms with Crippen molar-refractivity contribution in [2.45, 2.75) is 38.8 Å². The number of allylic oxidation sites excluding steroid dienone is 2. The van der Waals surface area contributed by atoms with E-state index in [-0.39, 0.29) is 17.2 Å². The van der Waals surface area contributed by atoms with Crippen molar-refractivity contribution in [1.29, 1.82) is 0 Å². The van der Waals surface area contributed by atoms with Gasteiger partial charge in [-0.1, -0.05) is 26.8 Å². The molecule has 0 radical (unpaired) electrons. The van der Waals surface area contributed by atoms with Crippen LogP contribution in [0.15, 0.2) is 24.4 Å². The molecule has 1 unspecified atom stereocenters. The van der Waals surface area contributed by atoms with Crippen molar-refractivity contribution in [3.63, 3.8) is 0 Å². The lowest BCUT2D eigenvalue weighted by Crippen LogP contribution is -2.64. The molecule has 2 atom stereocenters. The van der Waals surface area contributed by atoms with Crippen LogP contribution in [0.5, 0.6) is 0 Å². The van der Waals surface area contributed by atoms with Crippen molar-refractivity contribution in [3.8, 4) is 0 Å². The molecular weight excluding hydrogens is 242 g/mol. The summed E-state index contributed by atoms with van der Waals surface area (Å²) in [6.45, 7) is 6.61. The predicted octanol–water partition coefficient (Wildman–Crippen LogP) is 0.449. The number of nitrogens with one attached hydrogen (secondary N) is 3. The molecule has 0 bridgehead atoms. The third-order valence-corrected chi connectivity index (χ3v) is 3.76. The molecule has 19 heavy (non-hydrogen) atoms. The highest BCUT2D eigenvalue weighted by Gasteiger charge is 2.47. The lowest BCUT2D eigenvalue weighted by atomic mass is 9.71. The van der Waals surface area contributed by atoms with E-state index in [2.05, 4.69) is 16.0 Å². The van der Waals surface area contributed by atoms with E-state index in [9.17, 15) is 9.59 Å². The predicted molar refractivity (Wildman–Crippen MR) is 73.2 cm³/mol. The fourth-order valence-electron chi connectivity index (χ4n) is 2.44. The van der Waals surface area contributed by atoms with Crippen molar-refractivity contribution in [2.75, 3.05) is 6.54 Å². The molecule has 0 aliphatic carbocycles. The average Bonchev–Trinajstić information content (AvgIpc) is 2.74. The molecule has 1 saturated heterocycles. The van der Waals surface area contributed by atoms with Crippen LogP contribution in [0.2, 0.25) is 0 Å². The van der Waals surface area contributed by atoms with Gasteiger partial charge in [0.05, 0.1) is 0 Å². The molecule has 1 fully saturated rings. The second-order valence-electron chi connectivity index (χ2n) is 6.03. The molecule has 0 aromatic rings. The Balaban J connectivity index is 2.20. The highest BCUT2D eigenvalue weighted by molar-refractivity contribution is 5.95. The van der Waals surface area contributed by atoms with Crippen LogP contribution < -0.4 is 16.0 Å². The Morgan fingerprint density at radius 1 is 1.42 bits per heavy atom. The molecule has 5 nitrogen and oxygen atoms in total. The van der Waals surface area contributed by atoms with E-state index >= 15 is 0 Å². The van der Waals surface area contributed by atoms with Crippen LogP contribution in [0.4, 0.5) is 0 Å². The van der Waals surface area contributed by atoms with E-state index < -0.39 is 11.6 Å². The van der Waals surface area contributed by atoms with Gasteiger partial charge in [-0.25, -0.2) is 0 Å². The molecule has 0 saturated carbocycles. The number of dihydropyridines is 1. The Kier molecular flexibility index (Phi) is 3.39. The molecule has 3 N–H and O–H groups in total. The maximum atomic E-state index is 12.6. The number of carbonyl (C=O) groups is 2. The summed E-state index contributed by atoms with van der Waals surface area (Å²) in [6.07, 6.45) is 7.97. The van der Waals surface area contributed by atoms with Gasteiger partial charge >= 0.3 is 0 Å².